The van der Waals surface area contributed by atoms with Crippen LogP contribution in [0, 0.1) is 10.1 Å². The predicted octanol–water partition coefficient (Wildman–Crippen LogP) is 3.08. The van der Waals surface area contributed by atoms with Gasteiger partial charge in [-0.05, 0) is 12.1 Å². The largest absolute Gasteiger partial charge is 0.417 e. The summed E-state index contributed by atoms with van der Waals surface area (Å²) in [7, 11) is -4.14. The molecular weight excluding hydrogens is 441 g/mol. The molecule has 31 heavy (non-hydrogen) atoms. The zero-order chi connectivity index (χ0) is 22.6. The SMILES string of the molecule is O=[N+]([O-])c1ccc(NN=Cc2ccccc2C(F)(F)F)c(S(=O)(=O)N2CCOCC2)c1. The molecule has 0 aliphatic carbocycles. The fraction of sp³-hybridized carbons (Fsp3) is 0.278. The van der Waals surface area contributed by atoms with Gasteiger partial charge in [0.1, 0.15) is 4.90 Å². The van der Waals surface area contributed by atoms with Gasteiger partial charge in [0.25, 0.3) is 5.69 Å². The van der Waals surface area contributed by atoms with E-state index < -0.39 is 37.3 Å². The molecular formula is C18H17F3N4O5S. The Morgan fingerprint density at radius 3 is 2.48 bits per heavy atom. The number of nitro benzene ring substituents is 1. The van der Waals surface area contributed by atoms with Gasteiger partial charge in [-0.25, -0.2) is 8.42 Å². The van der Waals surface area contributed by atoms with Crippen LogP contribution in [0.2, 0.25) is 0 Å². The molecule has 1 heterocycles. The van der Waals surface area contributed by atoms with Gasteiger partial charge in [-0.2, -0.15) is 22.6 Å². The number of anilines is 1. The van der Waals surface area contributed by atoms with Gasteiger partial charge in [-0.1, -0.05) is 18.2 Å². The number of hydrogen-bond donors (Lipinski definition) is 1. The van der Waals surface area contributed by atoms with Crippen LogP contribution in [-0.4, -0.2) is 50.2 Å². The van der Waals surface area contributed by atoms with Crippen LogP contribution >= 0.6 is 0 Å². The van der Waals surface area contributed by atoms with Gasteiger partial charge in [0, 0.05) is 30.8 Å². The highest BCUT2D eigenvalue weighted by Crippen LogP contribution is 2.32. The maximum Gasteiger partial charge on any atom is 0.417 e. The first kappa shape index (κ1) is 22.7. The zero-order valence-corrected chi connectivity index (χ0v) is 16.7. The molecule has 0 unspecified atom stereocenters. The third kappa shape index (κ3) is 5.18. The highest BCUT2D eigenvalue weighted by molar-refractivity contribution is 7.89. The second kappa shape index (κ2) is 8.99. The summed E-state index contributed by atoms with van der Waals surface area (Å²) in [6.07, 6.45) is -3.70. The number of morpholine rings is 1. The number of rotatable bonds is 6. The standard InChI is InChI=1S/C18H17F3N4O5S/c19-18(20,21)15-4-2-1-3-13(15)12-22-23-16-6-5-14(25(26)27)11-17(16)31(28,29)24-7-9-30-10-8-24/h1-6,11-12,23H,7-10H2. The molecule has 0 bridgehead atoms. The van der Waals surface area contributed by atoms with E-state index >= 15 is 0 Å². The maximum absolute atomic E-state index is 13.1. The summed E-state index contributed by atoms with van der Waals surface area (Å²) in [5.74, 6) is 0. The minimum absolute atomic E-state index is 0.0622. The van der Waals surface area contributed by atoms with Crippen LogP contribution in [0.5, 0.6) is 0 Å². The summed E-state index contributed by atoms with van der Waals surface area (Å²) in [5.41, 5.74) is 0.680. The molecule has 9 nitrogen and oxygen atoms in total. The summed E-state index contributed by atoms with van der Waals surface area (Å²) in [6, 6.07) is 7.81. The van der Waals surface area contributed by atoms with Crippen LogP contribution in [0.25, 0.3) is 0 Å². The number of halogens is 3. The average Bonchev–Trinajstić information content (AvgIpc) is 2.74. The minimum Gasteiger partial charge on any atom is -0.379 e. The molecule has 0 radical (unpaired) electrons. The molecule has 1 aliphatic rings. The lowest BCUT2D eigenvalue weighted by molar-refractivity contribution is -0.385. The van der Waals surface area contributed by atoms with E-state index in [9.17, 15) is 31.7 Å². The van der Waals surface area contributed by atoms with Gasteiger partial charge in [-0.3, -0.25) is 15.5 Å². The van der Waals surface area contributed by atoms with Crippen molar-refractivity contribution in [2.45, 2.75) is 11.1 Å². The molecule has 0 aromatic heterocycles. The highest BCUT2D eigenvalue weighted by atomic mass is 32.2. The fourth-order valence-corrected chi connectivity index (χ4v) is 4.46. The summed E-state index contributed by atoms with van der Waals surface area (Å²) >= 11 is 0. The van der Waals surface area contributed by atoms with Crippen LogP contribution < -0.4 is 5.43 Å². The van der Waals surface area contributed by atoms with Crippen molar-refractivity contribution < 1.29 is 31.2 Å². The molecule has 3 rings (SSSR count). The van der Waals surface area contributed by atoms with E-state index in [0.29, 0.717) is 0 Å². The Kier molecular flexibility index (Phi) is 6.57. The van der Waals surface area contributed by atoms with Crippen molar-refractivity contribution in [3.05, 3.63) is 63.7 Å². The van der Waals surface area contributed by atoms with E-state index in [1.165, 1.54) is 18.2 Å². The average molecular weight is 458 g/mol. The molecule has 2 aromatic rings. The Bertz CT molecular complexity index is 1100. The van der Waals surface area contributed by atoms with Gasteiger partial charge < -0.3 is 4.74 Å². The molecule has 13 heteroatoms. The molecule has 0 amide bonds. The minimum atomic E-state index is -4.60. The molecule has 0 atom stereocenters. The van der Waals surface area contributed by atoms with Gasteiger partial charge in [0.15, 0.2) is 0 Å². The van der Waals surface area contributed by atoms with Gasteiger partial charge in [0.2, 0.25) is 10.0 Å². The lowest BCUT2D eigenvalue weighted by Gasteiger charge is -2.26. The first-order valence-electron chi connectivity index (χ1n) is 8.92. The van der Waals surface area contributed by atoms with Crippen molar-refractivity contribution in [1.29, 1.82) is 0 Å². The maximum atomic E-state index is 13.1. The Morgan fingerprint density at radius 2 is 1.84 bits per heavy atom. The molecule has 1 aliphatic heterocycles. The summed E-state index contributed by atoms with van der Waals surface area (Å²) in [4.78, 5) is 9.96. The molecule has 0 spiro atoms. The lowest BCUT2D eigenvalue weighted by atomic mass is 10.1. The van der Waals surface area contributed by atoms with Crippen LogP contribution in [0.4, 0.5) is 24.5 Å². The van der Waals surface area contributed by atoms with Crippen molar-refractivity contribution >= 4 is 27.6 Å². The van der Waals surface area contributed by atoms with E-state index in [-0.39, 0.29) is 37.6 Å². The van der Waals surface area contributed by atoms with Gasteiger partial charge in [-0.15, -0.1) is 0 Å². The Labute approximate surface area is 175 Å². The number of hydrazone groups is 1. The second-order valence-corrected chi connectivity index (χ2v) is 8.32. The van der Waals surface area contributed by atoms with Crippen LogP contribution in [0.1, 0.15) is 11.1 Å². The topological polar surface area (TPSA) is 114 Å². The third-order valence-electron chi connectivity index (χ3n) is 4.42. The van der Waals surface area contributed by atoms with Crippen LogP contribution in [0.15, 0.2) is 52.5 Å². The third-order valence-corrected chi connectivity index (χ3v) is 6.36. The van der Waals surface area contributed by atoms with E-state index in [2.05, 4.69) is 10.5 Å². The number of ether oxygens (including phenoxy) is 1. The normalized spacial score (nSPS) is 15.8. The number of nitrogens with one attached hydrogen (secondary N) is 1. The van der Waals surface area contributed by atoms with E-state index in [1.54, 1.807) is 0 Å². The molecule has 2 aromatic carbocycles. The molecule has 0 saturated carbocycles. The Balaban J connectivity index is 1.95. The summed E-state index contributed by atoms with van der Waals surface area (Å²) in [6.45, 7) is 0.464. The van der Waals surface area contributed by atoms with Crippen molar-refractivity contribution in [3.8, 4) is 0 Å². The van der Waals surface area contributed by atoms with Crippen molar-refractivity contribution in [2.75, 3.05) is 31.7 Å². The first-order valence-corrected chi connectivity index (χ1v) is 10.4. The smallest absolute Gasteiger partial charge is 0.379 e. The molecule has 1 saturated heterocycles. The number of hydrogen-bond acceptors (Lipinski definition) is 7. The molecule has 1 fully saturated rings. The number of alkyl halides is 3. The number of benzene rings is 2. The number of sulfonamides is 1. The number of nitrogens with zero attached hydrogens (tertiary/aromatic N) is 3. The Morgan fingerprint density at radius 1 is 1.16 bits per heavy atom. The summed E-state index contributed by atoms with van der Waals surface area (Å²) < 4.78 is 71.6. The number of nitro groups is 1. The zero-order valence-electron chi connectivity index (χ0n) is 15.9. The van der Waals surface area contributed by atoms with E-state index in [4.69, 9.17) is 4.74 Å². The predicted molar refractivity (Wildman–Crippen MR) is 105 cm³/mol. The first-order chi connectivity index (χ1) is 14.6. The van der Waals surface area contributed by atoms with Crippen LogP contribution in [0.3, 0.4) is 0 Å². The second-order valence-electron chi connectivity index (χ2n) is 6.41. The number of non-ortho nitro benzene ring substituents is 1. The van der Waals surface area contributed by atoms with E-state index in [0.717, 1.165) is 34.8 Å². The molecule has 166 valence electrons. The van der Waals surface area contributed by atoms with Crippen molar-refractivity contribution in [3.63, 3.8) is 0 Å². The van der Waals surface area contributed by atoms with Crippen LogP contribution in [-0.2, 0) is 20.9 Å². The Hall–Kier alpha value is -3.03. The molecule has 1 N–H and O–H groups in total. The quantitative estimate of drug-likeness (QED) is 0.404. The van der Waals surface area contributed by atoms with Gasteiger partial charge in [0.05, 0.1) is 35.6 Å². The van der Waals surface area contributed by atoms with E-state index in [1.807, 2.05) is 0 Å². The summed E-state index contributed by atoms with van der Waals surface area (Å²) in [5, 5.41) is 14.8. The van der Waals surface area contributed by atoms with Crippen molar-refractivity contribution in [1.82, 2.24) is 4.31 Å². The monoisotopic (exact) mass is 458 g/mol. The highest BCUT2D eigenvalue weighted by Gasteiger charge is 2.33. The lowest BCUT2D eigenvalue weighted by Crippen LogP contribution is -2.40. The fourth-order valence-electron chi connectivity index (χ4n) is 2.90. The van der Waals surface area contributed by atoms with Gasteiger partial charge >= 0.3 is 6.18 Å². The van der Waals surface area contributed by atoms with Crippen molar-refractivity contribution in [2.24, 2.45) is 5.10 Å².